The van der Waals surface area contributed by atoms with E-state index in [0.717, 1.165) is 55.5 Å². The Labute approximate surface area is 120 Å². The van der Waals surface area contributed by atoms with Crippen LogP contribution in [0, 0.1) is 5.92 Å². The first-order valence-electron chi connectivity index (χ1n) is 6.77. The molecule has 0 aromatic carbocycles. The maximum absolute atomic E-state index is 6.34. The van der Waals surface area contributed by atoms with Crippen molar-refractivity contribution in [3.05, 3.63) is 22.8 Å². The minimum atomic E-state index is 0.670. The lowest BCUT2D eigenvalue weighted by Gasteiger charge is -2.33. The van der Waals surface area contributed by atoms with E-state index in [1.54, 1.807) is 7.11 Å². The standard InChI is InChI=1S/C14H22ClN3O/c1-16-8-12-7-13(15)14(17-9-12)18-5-3-11(4-6-18)10-19-2/h7,9,11,16H,3-6,8,10H2,1-2H3. The van der Waals surface area contributed by atoms with Crippen LogP contribution in [-0.4, -0.2) is 38.8 Å². The highest BCUT2D eigenvalue weighted by Crippen LogP contribution is 2.28. The topological polar surface area (TPSA) is 37.4 Å². The molecule has 0 unspecified atom stereocenters. The van der Waals surface area contributed by atoms with Crippen molar-refractivity contribution in [2.45, 2.75) is 19.4 Å². The Morgan fingerprint density at radius 1 is 1.47 bits per heavy atom. The summed E-state index contributed by atoms with van der Waals surface area (Å²) < 4.78 is 5.22. The van der Waals surface area contributed by atoms with E-state index < -0.39 is 0 Å². The molecule has 4 nitrogen and oxygen atoms in total. The van der Waals surface area contributed by atoms with Gasteiger partial charge in [-0.25, -0.2) is 4.98 Å². The molecule has 2 heterocycles. The van der Waals surface area contributed by atoms with Crippen molar-refractivity contribution >= 4 is 17.4 Å². The van der Waals surface area contributed by atoms with Crippen LogP contribution in [0.3, 0.4) is 0 Å². The Morgan fingerprint density at radius 3 is 2.79 bits per heavy atom. The largest absolute Gasteiger partial charge is 0.384 e. The zero-order valence-electron chi connectivity index (χ0n) is 11.7. The molecule has 0 spiro atoms. The number of anilines is 1. The first-order valence-corrected chi connectivity index (χ1v) is 7.15. The van der Waals surface area contributed by atoms with E-state index in [9.17, 15) is 0 Å². The third kappa shape index (κ3) is 3.81. The van der Waals surface area contributed by atoms with E-state index in [4.69, 9.17) is 16.3 Å². The third-order valence-corrected chi connectivity index (χ3v) is 3.85. The smallest absolute Gasteiger partial charge is 0.147 e. The summed E-state index contributed by atoms with van der Waals surface area (Å²) in [5.74, 6) is 1.58. The molecule has 19 heavy (non-hydrogen) atoms. The zero-order chi connectivity index (χ0) is 13.7. The molecular weight excluding hydrogens is 262 g/mol. The van der Waals surface area contributed by atoms with E-state index in [1.807, 2.05) is 19.3 Å². The normalized spacial score (nSPS) is 16.9. The van der Waals surface area contributed by atoms with Gasteiger partial charge in [-0.15, -0.1) is 0 Å². The molecule has 0 aliphatic carbocycles. The van der Waals surface area contributed by atoms with Gasteiger partial charge < -0.3 is 15.0 Å². The molecule has 2 rings (SSSR count). The lowest BCUT2D eigenvalue weighted by molar-refractivity contribution is 0.139. The lowest BCUT2D eigenvalue weighted by Crippen LogP contribution is -2.35. The number of ether oxygens (including phenoxy) is 1. The molecule has 1 saturated heterocycles. The summed E-state index contributed by atoms with van der Waals surface area (Å²) >= 11 is 6.34. The number of methoxy groups -OCH3 is 1. The van der Waals surface area contributed by atoms with Gasteiger partial charge in [0.2, 0.25) is 0 Å². The molecule has 1 aliphatic rings. The van der Waals surface area contributed by atoms with Crippen molar-refractivity contribution in [1.82, 2.24) is 10.3 Å². The highest BCUT2D eigenvalue weighted by atomic mass is 35.5. The number of hydrogen-bond acceptors (Lipinski definition) is 4. The van der Waals surface area contributed by atoms with Gasteiger partial charge in [0, 0.05) is 39.5 Å². The van der Waals surface area contributed by atoms with Crippen molar-refractivity contribution in [1.29, 1.82) is 0 Å². The van der Waals surface area contributed by atoms with Gasteiger partial charge in [-0.05, 0) is 37.4 Å². The van der Waals surface area contributed by atoms with Crippen LogP contribution in [0.4, 0.5) is 5.82 Å². The quantitative estimate of drug-likeness (QED) is 0.900. The average molecular weight is 284 g/mol. The number of aromatic nitrogens is 1. The first kappa shape index (κ1) is 14.6. The fourth-order valence-corrected chi connectivity index (χ4v) is 2.86. The van der Waals surface area contributed by atoms with Crippen LogP contribution in [0.1, 0.15) is 18.4 Å². The van der Waals surface area contributed by atoms with Crippen LogP contribution in [0.25, 0.3) is 0 Å². The Kier molecular flexibility index (Phi) is 5.43. The number of pyridine rings is 1. The maximum Gasteiger partial charge on any atom is 0.147 e. The average Bonchev–Trinajstić information content (AvgIpc) is 2.41. The zero-order valence-corrected chi connectivity index (χ0v) is 12.4. The molecule has 5 heteroatoms. The van der Waals surface area contributed by atoms with Gasteiger partial charge in [0.05, 0.1) is 5.02 Å². The van der Waals surface area contributed by atoms with Crippen LogP contribution in [-0.2, 0) is 11.3 Å². The molecule has 1 fully saturated rings. The lowest BCUT2D eigenvalue weighted by atomic mass is 9.98. The van der Waals surface area contributed by atoms with Crippen LogP contribution in [0.2, 0.25) is 5.02 Å². The highest BCUT2D eigenvalue weighted by molar-refractivity contribution is 6.33. The van der Waals surface area contributed by atoms with Crippen molar-refractivity contribution in [3.63, 3.8) is 0 Å². The van der Waals surface area contributed by atoms with Crippen molar-refractivity contribution in [2.75, 3.05) is 38.8 Å². The Balaban J connectivity index is 1.99. The minimum Gasteiger partial charge on any atom is -0.384 e. The summed E-state index contributed by atoms with van der Waals surface area (Å²) in [6, 6.07) is 2.00. The predicted molar refractivity (Wildman–Crippen MR) is 78.8 cm³/mol. The van der Waals surface area contributed by atoms with E-state index in [1.165, 1.54) is 0 Å². The number of rotatable bonds is 5. The summed E-state index contributed by atoms with van der Waals surface area (Å²) in [4.78, 5) is 6.79. The summed E-state index contributed by atoms with van der Waals surface area (Å²) in [7, 11) is 3.69. The first-order chi connectivity index (χ1) is 9.24. The van der Waals surface area contributed by atoms with Crippen LogP contribution < -0.4 is 10.2 Å². The Hall–Kier alpha value is -0.840. The van der Waals surface area contributed by atoms with Crippen molar-refractivity contribution < 1.29 is 4.74 Å². The van der Waals surface area contributed by atoms with Gasteiger partial charge in [-0.2, -0.15) is 0 Å². The number of nitrogens with zero attached hydrogens (tertiary/aromatic N) is 2. The molecule has 0 bridgehead atoms. The van der Waals surface area contributed by atoms with Crippen LogP contribution in [0.5, 0.6) is 0 Å². The van der Waals surface area contributed by atoms with Gasteiger partial charge in [0.1, 0.15) is 5.82 Å². The Morgan fingerprint density at radius 2 is 2.21 bits per heavy atom. The molecule has 1 N–H and O–H groups in total. The van der Waals surface area contributed by atoms with Crippen molar-refractivity contribution in [3.8, 4) is 0 Å². The fourth-order valence-electron chi connectivity index (χ4n) is 2.55. The van der Waals surface area contributed by atoms with E-state index >= 15 is 0 Å². The van der Waals surface area contributed by atoms with E-state index in [2.05, 4.69) is 15.2 Å². The second kappa shape index (κ2) is 7.08. The van der Waals surface area contributed by atoms with Gasteiger partial charge in [0.15, 0.2) is 0 Å². The molecule has 0 radical (unpaired) electrons. The third-order valence-electron chi connectivity index (χ3n) is 3.58. The maximum atomic E-state index is 6.34. The number of halogens is 1. The van der Waals surface area contributed by atoms with Crippen LogP contribution in [0.15, 0.2) is 12.3 Å². The van der Waals surface area contributed by atoms with Gasteiger partial charge in [-0.3, -0.25) is 0 Å². The molecule has 1 aromatic rings. The molecule has 1 aliphatic heterocycles. The second-order valence-electron chi connectivity index (χ2n) is 5.07. The second-order valence-corrected chi connectivity index (χ2v) is 5.47. The molecular formula is C14H22ClN3O. The van der Waals surface area contributed by atoms with E-state index in [0.29, 0.717) is 5.92 Å². The fraction of sp³-hybridized carbons (Fsp3) is 0.643. The monoisotopic (exact) mass is 283 g/mol. The minimum absolute atomic E-state index is 0.670. The number of piperidine rings is 1. The predicted octanol–water partition coefficient (Wildman–Crippen LogP) is 2.32. The molecule has 0 atom stereocenters. The number of hydrogen-bond donors (Lipinski definition) is 1. The Bertz CT molecular complexity index is 406. The van der Waals surface area contributed by atoms with Gasteiger partial charge >= 0.3 is 0 Å². The summed E-state index contributed by atoms with van der Waals surface area (Å²) in [5, 5.41) is 3.85. The van der Waals surface area contributed by atoms with Gasteiger partial charge in [-0.1, -0.05) is 11.6 Å². The SMILES string of the molecule is CNCc1cnc(N2CCC(COC)CC2)c(Cl)c1. The van der Waals surface area contributed by atoms with E-state index in [-0.39, 0.29) is 0 Å². The number of nitrogens with one attached hydrogen (secondary N) is 1. The van der Waals surface area contributed by atoms with Crippen molar-refractivity contribution in [2.24, 2.45) is 5.92 Å². The molecule has 1 aromatic heterocycles. The molecule has 0 amide bonds. The molecule has 106 valence electrons. The summed E-state index contributed by atoms with van der Waals surface area (Å²) in [6.07, 6.45) is 4.19. The summed E-state index contributed by atoms with van der Waals surface area (Å²) in [6.45, 7) is 3.66. The molecule has 0 saturated carbocycles. The summed E-state index contributed by atoms with van der Waals surface area (Å²) in [5.41, 5.74) is 1.12. The highest BCUT2D eigenvalue weighted by Gasteiger charge is 2.21. The van der Waals surface area contributed by atoms with Crippen LogP contribution >= 0.6 is 11.6 Å². The van der Waals surface area contributed by atoms with Gasteiger partial charge in [0.25, 0.3) is 0 Å².